The van der Waals surface area contributed by atoms with E-state index in [2.05, 4.69) is 5.10 Å². The van der Waals surface area contributed by atoms with Crippen LogP contribution in [0.2, 0.25) is 0 Å². The highest BCUT2D eigenvalue weighted by Crippen LogP contribution is 2.32. The molecule has 1 aliphatic rings. The van der Waals surface area contributed by atoms with Crippen LogP contribution in [0.15, 0.2) is 0 Å². The van der Waals surface area contributed by atoms with E-state index in [0.29, 0.717) is 18.1 Å². The van der Waals surface area contributed by atoms with Gasteiger partial charge in [0.25, 0.3) is 0 Å². The van der Waals surface area contributed by atoms with Gasteiger partial charge in [-0.3, -0.25) is 5.41 Å². The minimum absolute atomic E-state index is 0.0204. The van der Waals surface area contributed by atoms with E-state index in [1.54, 1.807) is 4.68 Å². The lowest BCUT2D eigenvalue weighted by Gasteiger charge is -2.07. The second kappa shape index (κ2) is 4.15. The molecule has 0 atom stereocenters. The van der Waals surface area contributed by atoms with Gasteiger partial charge < -0.3 is 10.5 Å². The Kier molecular flexibility index (Phi) is 2.85. The highest BCUT2D eigenvalue weighted by atomic mass is 16.5. The molecule has 1 aliphatic carbocycles. The Morgan fingerprint density at radius 3 is 2.88 bits per heavy atom. The van der Waals surface area contributed by atoms with Gasteiger partial charge in [-0.2, -0.15) is 5.10 Å². The third-order valence-corrected chi connectivity index (χ3v) is 2.90. The standard InChI is InChI=1S/C11H18N4O/c1-7-9(10(12)13)11(15(2)14-7)16-6-5-8-3-4-8/h8H,3-6H2,1-2H3,(H3,12,13). The number of hydrogen-bond donors (Lipinski definition) is 2. The molecule has 5 nitrogen and oxygen atoms in total. The molecule has 1 aromatic heterocycles. The Bertz CT molecular complexity index is 406. The highest BCUT2D eigenvalue weighted by molar-refractivity contribution is 5.98. The molecule has 1 fully saturated rings. The quantitative estimate of drug-likeness (QED) is 0.580. The third-order valence-electron chi connectivity index (χ3n) is 2.90. The number of nitrogens with two attached hydrogens (primary N) is 1. The number of amidine groups is 1. The van der Waals surface area contributed by atoms with Crippen LogP contribution in [0.1, 0.15) is 30.5 Å². The topological polar surface area (TPSA) is 76.9 Å². The average molecular weight is 222 g/mol. The summed E-state index contributed by atoms with van der Waals surface area (Å²) in [5.41, 5.74) is 6.89. The molecule has 1 heterocycles. The van der Waals surface area contributed by atoms with E-state index in [-0.39, 0.29) is 5.84 Å². The largest absolute Gasteiger partial charge is 0.477 e. The Labute approximate surface area is 95.1 Å². The zero-order valence-corrected chi connectivity index (χ0v) is 9.79. The van der Waals surface area contributed by atoms with E-state index in [4.69, 9.17) is 15.9 Å². The van der Waals surface area contributed by atoms with Crippen molar-refractivity contribution in [3.63, 3.8) is 0 Å². The summed E-state index contributed by atoms with van der Waals surface area (Å²) in [4.78, 5) is 0. The number of hydrogen-bond acceptors (Lipinski definition) is 3. The Morgan fingerprint density at radius 2 is 2.31 bits per heavy atom. The van der Waals surface area contributed by atoms with E-state index in [1.165, 1.54) is 12.8 Å². The highest BCUT2D eigenvalue weighted by Gasteiger charge is 2.22. The van der Waals surface area contributed by atoms with Crippen LogP contribution in [-0.2, 0) is 7.05 Å². The molecule has 0 bridgehead atoms. The summed E-state index contributed by atoms with van der Waals surface area (Å²) in [6.07, 6.45) is 3.74. The first-order valence-electron chi connectivity index (χ1n) is 5.60. The van der Waals surface area contributed by atoms with Gasteiger partial charge in [-0.1, -0.05) is 12.8 Å². The first-order chi connectivity index (χ1) is 7.59. The number of nitrogens with one attached hydrogen (secondary N) is 1. The maximum absolute atomic E-state index is 7.51. The Balaban J connectivity index is 2.07. The van der Waals surface area contributed by atoms with Crippen molar-refractivity contribution < 1.29 is 4.74 Å². The van der Waals surface area contributed by atoms with Crippen molar-refractivity contribution in [1.82, 2.24) is 9.78 Å². The van der Waals surface area contributed by atoms with Crippen LogP contribution in [0.5, 0.6) is 5.88 Å². The lowest BCUT2D eigenvalue weighted by Crippen LogP contribution is -2.14. The van der Waals surface area contributed by atoms with Crippen molar-refractivity contribution in [2.45, 2.75) is 26.2 Å². The van der Waals surface area contributed by atoms with Gasteiger partial charge >= 0.3 is 0 Å². The molecule has 0 aliphatic heterocycles. The first kappa shape index (κ1) is 11.0. The Hall–Kier alpha value is -1.52. The monoisotopic (exact) mass is 222 g/mol. The van der Waals surface area contributed by atoms with Crippen LogP contribution in [-0.4, -0.2) is 22.2 Å². The first-order valence-corrected chi connectivity index (χ1v) is 5.60. The van der Waals surface area contributed by atoms with Crippen molar-refractivity contribution >= 4 is 5.84 Å². The molecule has 0 amide bonds. The van der Waals surface area contributed by atoms with Gasteiger partial charge in [0.2, 0.25) is 5.88 Å². The fourth-order valence-electron chi connectivity index (χ4n) is 1.84. The Morgan fingerprint density at radius 1 is 1.62 bits per heavy atom. The number of rotatable bonds is 5. The third kappa shape index (κ3) is 2.18. The number of aromatic nitrogens is 2. The van der Waals surface area contributed by atoms with Crippen LogP contribution in [0, 0.1) is 18.3 Å². The summed E-state index contributed by atoms with van der Waals surface area (Å²) in [7, 11) is 1.81. The smallest absolute Gasteiger partial charge is 0.223 e. The van der Waals surface area contributed by atoms with Gasteiger partial charge in [-0.25, -0.2) is 4.68 Å². The van der Waals surface area contributed by atoms with Crippen molar-refractivity contribution in [3.8, 4) is 5.88 Å². The SMILES string of the molecule is Cc1nn(C)c(OCCC2CC2)c1C(=N)N. The van der Waals surface area contributed by atoms with E-state index < -0.39 is 0 Å². The predicted molar refractivity (Wildman–Crippen MR) is 61.8 cm³/mol. The van der Waals surface area contributed by atoms with E-state index >= 15 is 0 Å². The molecule has 1 aromatic rings. The number of aryl methyl sites for hydroxylation is 2. The number of nitrogens with zero attached hydrogens (tertiary/aromatic N) is 2. The van der Waals surface area contributed by atoms with Crippen LogP contribution in [0.4, 0.5) is 0 Å². The molecular weight excluding hydrogens is 204 g/mol. The zero-order valence-electron chi connectivity index (χ0n) is 9.79. The summed E-state index contributed by atoms with van der Waals surface area (Å²) in [6, 6.07) is 0. The fraction of sp³-hybridized carbons (Fsp3) is 0.636. The van der Waals surface area contributed by atoms with Gasteiger partial charge in [0.15, 0.2) is 0 Å². The number of ether oxygens (including phenoxy) is 1. The lowest BCUT2D eigenvalue weighted by atomic mass is 10.2. The zero-order chi connectivity index (χ0) is 11.7. The second-order valence-corrected chi connectivity index (χ2v) is 4.38. The minimum atomic E-state index is 0.0204. The van der Waals surface area contributed by atoms with E-state index in [9.17, 15) is 0 Å². The maximum Gasteiger partial charge on any atom is 0.223 e. The van der Waals surface area contributed by atoms with Crippen molar-refractivity contribution in [2.24, 2.45) is 18.7 Å². The van der Waals surface area contributed by atoms with Crippen molar-refractivity contribution in [2.75, 3.05) is 6.61 Å². The van der Waals surface area contributed by atoms with Gasteiger partial charge in [0.1, 0.15) is 11.4 Å². The van der Waals surface area contributed by atoms with E-state index in [1.807, 2.05) is 14.0 Å². The van der Waals surface area contributed by atoms with Gasteiger partial charge in [0.05, 0.1) is 12.3 Å². The van der Waals surface area contributed by atoms with Gasteiger partial charge in [-0.15, -0.1) is 0 Å². The lowest BCUT2D eigenvalue weighted by molar-refractivity contribution is 0.277. The van der Waals surface area contributed by atoms with Crippen molar-refractivity contribution in [1.29, 1.82) is 5.41 Å². The molecule has 2 rings (SSSR count). The second-order valence-electron chi connectivity index (χ2n) is 4.38. The van der Waals surface area contributed by atoms with Gasteiger partial charge in [0, 0.05) is 7.05 Å². The molecule has 0 spiro atoms. The van der Waals surface area contributed by atoms with Gasteiger partial charge in [-0.05, 0) is 19.3 Å². The minimum Gasteiger partial charge on any atom is -0.477 e. The molecule has 16 heavy (non-hydrogen) atoms. The van der Waals surface area contributed by atoms with E-state index in [0.717, 1.165) is 18.0 Å². The molecule has 0 unspecified atom stereocenters. The molecule has 0 aromatic carbocycles. The maximum atomic E-state index is 7.51. The fourth-order valence-corrected chi connectivity index (χ4v) is 1.84. The normalized spacial score (nSPS) is 15.1. The average Bonchev–Trinajstić information content (AvgIpc) is 2.94. The summed E-state index contributed by atoms with van der Waals surface area (Å²) in [6.45, 7) is 2.52. The van der Waals surface area contributed by atoms with Crippen LogP contribution in [0.25, 0.3) is 0 Å². The summed E-state index contributed by atoms with van der Waals surface area (Å²) >= 11 is 0. The summed E-state index contributed by atoms with van der Waals surface area (Å²) < 4.78 is 7.33. The molecule has 0 radical (unpaired) electrons. The molecule has 88 valence electrons. The summed E-state index contributed by atoms with van der Waals surface area (Å²) in [5, 5.41) is 11.7. The molecule has 0 saturated heterocycles. The predicted octanol–water partition coefficient (Wildman–Crippen LogP) is 1.19. The molecule has 3 N–H and O–H groups in total. The molecule has 5 heteroatoms. The van der Waals surface area contributed by atoms with Crippen LogP contribution < -0.4 is 10.5 Å². The number of nitrogen functional groups attached to an aromatic ring is 1. The van der Waals surface area contributed by atoms with Crippen LogP contribution in [0.3, 0.4) is 0 Å². The van der Waals surface area contributed by atoms with Crippen molar-refractivity contribution in [3.05, 3.63) is 11.3 Å². The van der Waals surface area contributed by atoms with Crippen LogP contribution >= 0.6 is 0 Å². The molecule has 1 saturated carbocycles. The molecular formula is C11H18N4O. The summed E-state index contributed by atoms with van der Waals surface area (Å²) in [5.74, 6) is 1.48.